The van der Waals surface area contributed by atoms with E-state index in [0.717, 1.165) is 27.8 Å². The minimum Gasteiger partial charge on any atom is -0.494 e. The standard InChI is InChI=1S/C28H29N3O2S/c1-3-33-25-14-15-26-23(17-25)16-24(27(32)30-26)19-31(18-21-10-6-4-7-11-21)28(34)29-20(2)22-12-8-5-9-13-22/h4-17,20H,3,18-19H2,1-2H3,(H,29,34)(H,30,32). The molecule has 0 aliphatic heterocycles. The quantitative estimate of drug-likeness (QED) is 0.329. The molecule has 0 saturated heterocycles. The molecule has 0 radical (unpaired) electrons. The van der Waals surface area contributed by atoms with Crippen LogP contribution in [-0.2, 0) is 13.1 Å². The van der Waals surface area contributed by atoms with Crippen molar-refractivity contribution < 1.29 is 4.74 Å². The molecule has 0 spiro atoms. The van der Waals surface area contributed by atoms with Gasteiger partial charge in [-0.15, -0.1) is 0 Å². The summed E-state index contributed by atoms with van der Waals surface area (Å²) in [5, 5.41) is 4.97. The zero-order chi connectivity index (χ0) is 23.9. The number of benzene rings is 3. The van der Waals surface area contributed by atoms with Gasteiger partial charge in [-0.3, -0.25) is 4.79 Å². The molecule has 4 aromatic rings. The lowest BCUT2D eigenvalue weighted by Gasteiger charge is -2.28. The second-order valence-electron chi connectivity index (χ2n) is 8.23. The van der Waals surface area contributed by atoms with Crippen LogP contribution in [0.2, 0.25) is 0 Å². The zero-order valence-electron chi connectivity index (χ0n) is 19.5. The normalized spacial score (nSPS) is 11.7. The lowest BCUT2D eigenvalue weighted by molar-refractivity contribution is 0.340. The molecule has 174 valence electrons. The van der Waals surface area contributed by atoms with Crippen molar-refractivity contribution in [1.29, 1.82) is 0 Å². The van der Waals surface area contributed by atoms with Gasteiger partial charge in [0.2, 0.25) is 0 Å². The Kier molecular flexibility index (Phi) is 7.60. The number of ether oxygens (including phenoxy) is 1. The molecule has 1 unspecified atom stereocenters. The van der Waals surface area contributed by atoms with E-state index >= 15 is 0 Å². The van der Waals surface area contributed by atoms with Gasteiger partial charge in [0.25, 0.3) is 5.56 Å². The van der Waals surface area contributed by atoms with Crippen LogP contribution in [0, 0.1) is 0 Å². The summed E-state index contributed by atoms with van der Waals surface area (Å²) < 4.78 is 5.63. The molecule has 6 heteroatoms. The molecule has 0 aliphatic carbocycles. The van der Waals surface area contributed by atoms with E-state index in [9.17, 15) is 4.79 Å². The van der Waals surface area contributed by atoms with E-state index in [4.69, 9.17) is 17.0 Å². The van der Waals surface area contributed by atoms with Gasteiger partial charge in [-0.2, -0.15) is 0 Å². The maximum absolute atomic E-state index is 12.9. The summed E-state index contributed by atoms with van der Waals surface area (Å²) in [6.07, 6.45) is 0. The molecule has 0 bridgehead atoms. The van der Waals surface area contributed by atoms with Crippen LogP contribution in [0.3, 0.4) is 0 Å². The van der Waals surface area contributed by atoms with Crippen molar-refractivity contribution in [3.63, 3.8) is 0 Å². The largest absolute Gasteiger partial charge is 0.494 e. The average Bonchev–Trinajstić information content (AvgIpc) is 2.85. The van der Waals surface area contributed by atoms with E-state index < -0.39 is 0 Å². The third kappa shape index (κ3) is 5.83. The summed E-state index contributed by atoms with van der Waals surface area (Å²) in [6, 6.07) is 28.0. The van der Waals surface area contributed by atoms with Gasteiger partial charge in [-0.1, -0.05) is 60.7 Å². The maximum atomic E-state index is 12.9. The summed E-state index contributed by atoms with van der Waals surface area (Å²) in [4.78, 5) is 18.0. The number of hydrogen-bond acceptors (Lipinski definition) is 3. The van der Waals surface area contributed by atoms with E-state index in [1.165, 1.54) is 0 Å². The van der Waals surface area contributed by atoms with Gasteiger partial charge in [0.1, 0.15) is 5.75 Å². The molecule has 0 aliphatic rings. The molecule has 2 N–H and O–H groups in total. The van der Waals surface area contributed by atoms with Crippen LogP contribution in [0.5, 0.6) is 5.75 Å². The average molecular weight is 472 g/mol. The number of rotatable bonds is 8. The number of fused-ring (bicyclic) bond motifs is 1. The fourth-order valence-electron chi connectivity index (χ4n) is 3.91. The highest BCUT2D eigenvalue weighted by molar-refractivity contribution is 7.80. The first kappa shape index (κ1) is 23.5. The van der Waals surface area contributed by atoms with E-state index in [0.29, 0.717) is 30.4 Å². The number of hydrogen-bond donors (Lipinski definition) is 2. The number of H-pyrrole nitrogens is 1. The van der Waals surface area contributed by atoms with Gasteiger partial charge >= 0.3 is 0 Å². The van der Waals surface area contributed by atoms with Crippen molar-refractivity contribution in [1.82, 2.24) is 15.2 Å². The molecule has 4 rings (SSSR count). The minimum atomic E-state index is -0.117. The lowest BCUT2D eigenvalue weighted by Crippen LogP contribution is -2.41. The molecule has 1 atom stereocenters. The van der Waals surface area contributed by atoms with E-state index in [1.54, 1.807) is 0 Å². The fourth-order valence-corrected chi connectivity index (χ4v) is 4.22. The molecular weight excluding hydrogens is 442 g/mol. The van der Waals surface area contributed by atoms with Crippen molar-refractivity contribution in [3.05, 3.63) is 112 Å². The third-order valence-corrected chi connectivity index (χ3v) is 6.08. The SMILES string of the molecule is CCOc1ccc2[nH]c(=O)c(CN(Cc3ccccc3)C(=S)NC(C)c3ccccc3)cc2c1. The Morgan fingerprint density at radius 2 is 1.71 bits per heavy atom. The Morgan fingerprint density at radius 3 is 2.41 bits per heavy atom. The highest BCUT2D eigenvalue weighted by atomic mass is 32.1. The first-order chi connectivity index (χ1) is 16.5. The number of nitrogens with zero attached hydrogens (tertiary/aromatic N) is 1. The van der Waals surface area contributed by atoms with Gasteiger partial charge in [-0.05, 0) is 61.5 Å². The first-order valence-electron chi connectivity index (χ1n) is 11.5. The lowest BCUT2D eigenvalue weighted by atomic mass is 10.1. The van der Waals surface area contributed by atoms with E-state index in [1.807, 2.05) is 72.5 Å². The number of aromatic amines is 1. The van der Waals surface area contributed by atoms with Crippen molar-refractivity contribution >= 4 is 28.2 Å². The summed E-state index contributed by atoms with van der Waals surface area (Å²) in [7, 11) is 0. The molecule has 5 nitrogen and oxygen atoms in total. The predicted octanol–water partition coefficient (Wildman–Crippen LogP) is 5.56. The highest BCUT2D eigenvalue weighted by Gasteiger charge is 2.16. The van der Waals surface area contributed by atoms with Crippen LogP contribution < -0.4 is 15.6 Å². The monoisotopic (exact) mass is 471 g/mol. The van der Waals surface area contributed by atoms with Crippen molar-refractivity contribution in [2.45, 2.75) is 33.0 Å². The number of nitrogens with one attached hydrogen (secondary N) is 2. The highest BCUT2D eigenvalue weighted by Crippen LogP contribution is 2.20. The second-order valence-corrected chi connectivity index (χ2v) is 8.62. The van der Waals surface area contributed by atoms with Gasteiger partial charge in [0.05, 0.1) is 19.2 Å². The summed E-state index contributed by atoms with van der Waals surface area (Å²) >= 11 is 5.83. The second kappa shape index (κ2) is 11.0. The van der Waals surface area contributed by atoms with Crippen molar-refractivity contribution in [3.8, 4) is 5.75 Å². The molecule has 1 heterocycles. The molecule has 0 amide bonds. The van der Waals surface area contributed by atoms with Gasteiger partial charge in [-0.25, -0.2) is 0 Å². The first-order valence-corrected chi connectivity index (χ1v) is 11.9. The molecule has 0 saturated carbocycles. The topological polar surface area (TPSA) is 57.4 Å². The van der Waals surface area contributed by atoms with Gasteiger partial charge < -0.3 is 19.9 Å². The minimum absolute atomic E-state index is 0.0376. The van der Waals surface area contributed by atoms with Crippen LogP contribution in [0.25, 0.3) is 10.9 Å². The van der Waals surface area contributed by atoms with E-state index in [2.05, 4.69) is 41.5 Å². The zero-order valence-corrected chi connectivity index (χ0v) is 20.3. The Morgan fingerprint density at radius 1 is 1.00 bits per heavy atom. The molecule has 1 aromatic heterocycles. The van der Waals surface area contributed by atoms with Crippen LogP contribution in [0.4, 0.5) is 0 Å². The van der Waals surface area contributed by atoms with Crippen molar-refractivity contribution in [2.75, 3.05) is 6.61 Å². The van der Waals surface area contributed by atoms with Crippen LogP contribution in [0.1, 0.15) is 36.6 Å². The number of thiocarbonyl (C=S) groups is 1. The molecule has 0 fully saturated rings. The summed E-state index contributed by atoms with van der Waals surface area (Å²) in [6.45, 7) is 5.60. The predicted molar refractivity (Wildman–Crippen MR) is 142 cm³/mol. The van der Waals surface area contributed by atoms with Crippen LogP contribution >= 0.6 is 12.2 Å². The Balaban J connectivity index is 1.62. The fraction of sp³-hybridized carbons (Fsp3) is 0.214. The Labute approximate surface area is 205 Å². The van der Waals surface area contributed by atoms with E-state index in [-0.39, 0.29) is 11.6 Å². The molecule has 34 heavy (non-hydrogen) atoms. The van der Waals surface area contributed by atoms with Gasteiger partial charge in [0.15, 0.2) is 5.11 Å². The molecular formula is C28H29N3O2S. The smallest absolute Gasteiger partial charge is 0.253 e. The maximum Gasteiger partial charge on any atom is 0.253 e. The van der Waals surface area contributed by atoms with Crippen molar-refractivity contribution in [2.24, 2.45) is 0 Å². The Hall–Kier alpha value is -3.64. The van der Waals surface area contributed by atoms with Crippen LogP contribution in [0.15, 0.2) is 89.7 Å². The van der Waals surface area contributed by atoms with Gasteiger partial charge in [0, 0.05) is 23.0 Å². The summed E-state index contributed by atoms with van der Waals surface area (Å²) in [5.41, 5.74) is 3.58. The number of pyridine rings is 1. The Bertz CT molecular complexity index is 1310. The number of aromatic nitrogens is 1. The van der Waals surface area contributed by atoms with Crippen LogP contribution in [-0.4, -0.2) is 21.6 Å². The summed E-state index contributed by atoms with van der Waals surface area (Å²) in [5.74, 6) is 0.781. The third-order valence-electron chi connectivity index (χ3n) is 5.71. The molecule has 3 aromatic carbocycles.